The minimum Gasteiger partial charge on any atom is -0.351 e. The Morgan fingerprint density at radius 3 is 2.94 bits per heavy atom. The molecule has 2 heterocycles. The Labute approximate surface area is 110 Å². The van der Waals surface area contributed by atoms with Crippen molar-refractivity contribution in [1.29, 1.82) is 0 Å². The summed E-state index contributed by atoms with van der Waals surface area (Å²) in [6.07, 6.45) is 1.77. The second-order valence-electron chi connectivity index (χ2n) is 3.74. The van der Waals surface area contributed by atoms with Gasteiger partial charge in [-0.15, -0.1) is 11.3 Å². The maximum atomic E-state index is 5.85. The summed E-state index contributed by atoms with van der Waals surface area (Å²) in [6.45, 7) is 5.88. The second-order valence-corrected chi connectivity index (χ2v) is 5.11. The molecule has 0 atom stereocenters. The van der Waals surface area contributed by atoms with E-state index in [1.54, 1.807) is 17.5 Å². The lowest BCUT2D eigenvalue weighted by Gasteiger charge is -2.22. The van der Waals surface area contributed by atoms with Crippen molar-refractivity contribution in [3.63, 3.8) is 0 Å². The van der Waals surface area contributed by atoms with Crippen LogP contribution in [0.25, 0.3) is 0 Å². The number of halogens is 1. The van der Waals surface area contributed by atoms with Crippen LogP contribution in [0.4, 0.5) is 5.82 Å². The van der Waals surface area contributed by atoms with Gasteiger partial charge >= 0.3 is 0 Å². The zero-order valence-electron chi connectivity index (χ0n) is 9.85. The molecule has 2 rings (SSSR count). The van der Waals surface area contributed by atoms with Crippen molar-refractivity contribution < 1.29 is 0 Å². The lowest BCUT2D eigenvalue weighted by Crippen LogP contribution is -2.23. The first-order chi connectivity index (χ1) is 8.20. The SMILES string of the molecule is CCN(Cc1cccs1)c1nc(Cl)ncc1C. The van der Waals surface area contributed by atoms with Gasteiger partial charge in [0, 0.05) is 23.2 Å². The van der Waals surface area contributed by atoms with E-state index in [1.807, 2.05) is 6.92 Å². The second kappa shape index (κ2) is 5.47. The fourth-order valence-electron chi connectivity index (χ4n) is 1.66. The summed E-state index contributed by atoms with van der Waals surface area (Å²) in [5, 5.41) is 2.39. The highest BCUT2D eigenvalue weighted by atomic mass is 35.5. The molecule has 0 aromatic carbocycles. The molecule has 0 saturated carbocycles. The van der Waals surface area contributed by atoms with Crippen LogP contribution in [-0.2, 0) is 6.54 Å². The summed E-state index contributed by atoms with van der Waals surface area (Å²) in [6, 6.07) is 4.19. The van der Waals surface area contributed by atoms with E-state index in [0.29, 0.717) is 5.28 Å². The lowest BCUT2D eigenvalue weighted by atomic mass is 10.3. The molecule has 2 aromatic heterocycles. The molecule has 0 aliphatic rings. The van der Waals surface area contributed by atoms with Crippen molar-refractivity contribution in [3.05, 3.63) is 39.4 Å². The van der Waals surface area contributed by atoms with Gasteiger partial charge < -0.3 is 4.90 Å². The average molecular weight is 268 g/mol. The number of thiophene rings is 1. The van der Waals surface area contributed by atoms with E-state index in [-0.39, 0.29) is 0 Å². The van der Waals surface area contributed by atoms with Gasteiger partial charge in [-0.25, -0.2) is 9.97 Å². The summed E-state index contributed by atoms with van der Waals surface area (Å²) >= 11 is 7.61. The van der Waals surface area contributed by atoms with Gasteiger partial charge in [-0.3, -0.25) is 0 Å². The zero-order valence-corrected chi connectivity index (χ0v) is 11.4. The smallest absolute Gasteiger partial charge is 0.224 e. The highest BCUT2D eigenvalue weighted by molar-refractivity contribution is 7.09. The largest absolute Gasteiger partial charge is 0.351 e. The molecule has 17 heavy (non-hydrogen) atoms. The summed E-state index contributed by atoms with van der Waals surface area (Å²) in [5.41, 5.74) is 1.05. The summed E-state index contributed by atoms with van der Waals surface area (Å²) in [4.78, 5) is 11.8. The molecule has 0 radical (unpaired) electrons. The summed E-state index contributed by atoms with van der Waals surface area (Å²) < 4.78 is 0. The predicted octanol–water partition coefficient (Wildman–Crippen LogP) is 3.53. The van der Waals surface area contributed by atoms with E-state index >= 15 is 0 Å². The Kier molecular flexibility index (Phi) is 3.97. The van der Waals surface area contributed by atoms with Gasteiger partial charge in [-0.1, -0.05) is 6.07 Å². The lowest BCUT2D eigenvalue weighted by molar-refractivity contribution is 0.813. The third-order valence-corrected chi connectivity index (χ3v) is 3.57. The number of aromatic nitrogens is 2. The van der Waals surface area contributed by atoms with Gasteiger partial charge in [0.05, 0.1) is 6.54 Å². The van der Waals surface area contributed by atoms with Crippen molar-refractivity contribution in [2.24, 2.45) is 0 Å². The van der Waals surface area contributed by atoms with E-state index in [1.165, 1.54) is 4.88 Å². The van der Waals surface area contributed by atoms with Crippen LogP contribution >= 0.6 is 22.9 Å². The highest BCUT2D eigenvalue weighted by Gasteiger charge is 2.11. The minimum atomic E-state index is 0.301. The molecule has 0 spiro atoms. The van der Waals surface area contributed by atoms with Crippen LogP contribution in [-0.4, -0.2) is 16.5 Å². The molecule has 3 nitrogen and oxygen atoms in total. The van der Waals surface area contributed by atoms with Gasteiger partial charge in [0.1, 0.15) is 5.82 Å². The van der Waals surface area contributed by atoms with Crippen LogP contribution in [0.3, 0.4) is 0 Å². The van der Waals surface area contributed by atoms with Gasteiger partial charge in [0.25, 0.3) is 0 Å². The van der Waals surface area contributed by atoms with Crippen LogP contribution in [0.1, 0.15) is 17.4 Å². The molecule has 0 bridgehead atoms. The Morgan fingerprint density at radius 2 is 2.29 bits per heavy atom. The quantitative estimate of drug-likeness (QED) is 0.794. The Morgan fingerprint density at radius 1 is 1.47 bits per heavy atom. The van der Waals surface area contributed by atoms with E-state index < -0.39 is 0 Å². The Balaban J connectivity index is 2.25. The van der Waals surface area contributed by atoms with Crippen molar-refractivity contribution in [2.75, 3.05) is 11.4 Å². The maximum absolute atomic E-state index is 5.85. The maximum Gasteiger partial charge on any atom is 0.224 e. The molecule has 90 valence electrons. The van der Waals surface area contributed by atoms with Crippen molar-refractivity contribution in [1.82, 2.24) is 9.97 Å². The van der Waals surface area contributed by atoms with E-state index in [2.05, 4.69) is 39.3 Å². The first-order valence-electron chi connectivity index (χ1n) is 5.47. The first-order valence-corrected chi connectivity index (χ1v) is 6.73. The molecule has 2 aromatic rings. The van der Waals surface area contributed by atoms with E-state index in [9.17, 15) is 0 Å². The zero-order chi connectivity index (χ0) is 12.3. The van der Waals surface area contributed by atoms with Crippen molar-refractivity contribution in [2.45, 2.75) is 20.4 Å². The molecule has 0 N–H and O–H groups in total. The normalized spacial score (nSPS) is 10.5. The van der Waals surface area contributed by atoms with Crippen LogP contribution < -0.4 is 4.90 Å². The predicted molar refractivity (Wildman–Crippen MR) is 72.8 cm³/mol. The minimum absolute atomic E-state index is 0.301. The fraction of sp³-hybridized carbons (Fsp3) is 0.333. The number of nitrogens with zero attached hydrogens (tertiary/aromatic N) is 3. The van der Waals surface area contributed by atoms with Gasteiger partial charge in [0.2, 0.25) is 5.28 Å². The van der Waals surface area contributed by atoms with Gasteiger partial charge in [-0.2, -0.15) is 0 Å². The van der Waals surface area contributed by atoms with Crippen LogP contribution in [0.2, 0.25) is 5.28 Å². The van der Waals surface area contributed by atoms with E-state index in [4.69, 9.17) is 11.6 Å². The molecule has 0 amide bonds. The molecule has 0 unspecified atom stereocenters. The van der Waals surface area contributed by atoms with Crippen molar-refractivity contribution >= 4 is 28.8 Å². The third-order valence-electron chi connectivity index (χ3n) is 2.52. The Bertz CT molecular complexity index is 485. The molecule has 0 aliphatic carbocycles. The molecule has 5 heteroatoms. The number of aryl methyl sites for hydroxylation is 1. The summed E-state index contributed by atoms with van der Waals surface area (Å²) in [5.74, 6) is 0.918. The first kappa shape index (κ1) is 12.3. The number of anilines is 1. The fourth-order valence-corrected chi connectivity index (χ4v) is 2.51. The molecular formula is C12H14ClN3S. The molecular weight excluding hydrogens is 254 g/mol. The van der Waals surface area contributed by atoms with Crippen LogP contribution in [0.5, 0.6) is 0 Å². The topological polar surface area (TPSA) is 29.0 Å². The van der Waals surface area contributed by atoms with E-state index in [0.717, 1.165) is 24.5 Å². The van der Waals surface area contributed by atoms with Crippen LogP contribution in [0.15, 0.2) is 23.7 Å². The Hall–Kier alpha value is -1.13. The number of hydrogen-bond donors (Lipinski definition) is 0. The number of hydrogen-bond acceptors (Lipinski definition) is 4. The molecule has 0 saturated heterocycles. The third kappa shape index (κ3) is 2.96. The molecule has 0 aliphatic heterocycles. The number of rotatable bonds is 4. The monoisotopic (exact) mass is 267 g/mol. The van der Waals surface area contributed by atoms with Gasteiger partial charge in [0.15, 0.2) is 0 Å². The highest BCUT2D eigenvalue weighted by Crippen LogP contribution is 2.21. The molecule has 0 fully saturated rings. The van der Waals surface area contributed by atoms with Crippen LogP contribution in [0, 0.1) is 6.92 Å². The summed E-state index contributed by atoms with van der Waals surface area (Å²) in [7, 11) is 0. The average Bonchev–Trinajstić information content (AvgIpc) is 2.82. The van der Waals surface area contributed by atoms with Gasteiger partial charge in [-0.05, 0) is 36.9 Å². The van der Waals surface area contributed by atoms with Crippen molar-refractivity contribution in [3.8, 4) is 0 Å². The standard InChI is InChI=1S/C12H14ClN3S/c1-3-16(8-10-5-4-6-17-10)11-9(2)7-14-12(13)15-11/h4-7H,3,8H2,1-2H3.